The zero-order chi connectivity index (χ0) is 18.0. The van der Waals surface area contributed by atoms with Crippen LogP contribution in [0.1, 0.15) is 12.7 Å². The first-order valence-corrected chi connectivity index (χ1v) is 8.85. The summed E-state index contributed by atoms with van der Waals surface area (Å²) >= 11 is 0. The van der Waals surface area contributed by atoms with Gasteiger partial charge in [0.1, 0.15) is 5.76 Å². The predicted molar refractivity (Wildman–Crippen MR) is 94.2 cm³/mol. The van der Waals surface area contributed by atoms with E-state index in [9.17, 15) is 13.2 Å². The van der Waals surface area contributed by atoms with E-state index in [0.717, 1.165) is 0 Å². The van der Waals surface area contributed by atoms with Crippen molar-refractivity contribution in [3.8, 4) is 0 Å². The Morgan fingerprint density at radius 2 is 1.92 bits per heavy atom. The fourth-order valence-electron chi connectivity index (χ4n) is 2.29. The Balaban J connectivity index is 1.82. The monoisotopic (exact) mass is 357 g/mol. The molecular weight excluding hydrogens is 342 g/mol. The van der Waals surface area contributed by atoms with E-state index in [-0.39, 0.29) is 10.8 Å². The summed E-state index contributed by atoms with van der Waals surface area (Å²) in [5, 5.41) is 10.5. The molecule has 128 valence electrons. The van der Waals surface area contributed by atoms with Crippen molar-refractivity contribution in [3.63, 3.8) is 0 Å². The molecule has 1 aliphatic heterocycles. The number of anilines is 1. The quantitative estimate of drug-likeness (QED) is 0.847. The normalized spacial score (nSPS) is 16.9. The molecule has 0 radical (unpaired) electrons. The molecule has 0 saturated carbocycles. The third-order valence-electron chi connectivity index (χ3n) is 3.54. The number of carbonyl (C=O) groups excluding carboxylic acids is 1. The number of nitrogens with two attached hydrogens (primary N) is 1. The SMILES string of the molecule is CC1=NN(c2ccc(S(N)(=O)=O)cc2)C(=O)/C1=C/C=C/c1ccco1. The Kier molecular flexibility index (Phi) is 4.39. The summed E-state index contributed by atoms with van der Waals surface area (Å²) < 4.78 is 27.8. The largest absolute Gasteiger partial charge is 0.465 e. The first kappa shape index (κ1) is 16.9. The van der Waals surface area contributed by atoms with Gasteiger partial charge < -0.3 is 4.42 Å². The summed E-state index contributed by atoms with van der Waals surface area (Å²) in [6.45, 7) is 1.73. The van der Waals surface area contributed by atoms with Gasteiger partial charge in [-0.25, -0.2) is 13.6 Å². The molecule has 0 aliphatic carbocycles. The lowest BCUT2D eigenvalue weighted by Gasteiger charge is -2.11. The lowest BCUT2D eigenvalue weighted by atomic mass is 10.1. The van der Waals surface area contributed by atoms with Crippen molar-refractivity contribution < 1.29 is 17.6 Å². The van der Waals surface area contributed by atoms with Gasteiger partial charge in [-0.15, -0.1) is 0 Å². The van der Waals surface area contributed by atoms with Crippen LogP contribution in [-0.4, -0.2) is 20.0 Å². The van der Waals surface area contributed by atoms with E-state index in [1.807, 2.05) is 0 Å². The first-order valence-electron chi connectivity index (χ1n) is 7.31. The first-order chi connectivity index (χ1) is 11.9. The summed E-state index contributed by atoms with van der Waals surface area (Å²) in [5.41, 5.74) is 1.46. The van der Waals surface area contributed by atoms with Crippen molar-refractivity contribution >= 4 is 33.4 Å². The minimum atomic E-state index is -3.78. The number of carbonyl (C=O) groups is 1. The molecule has 7 nitrogen and oxygen atoms in total. The second-order valence-electron chi connectivity index (χ2n) is 5.30. The Morgan fingerprint density at radius 3 is 2.52 bits per heavy atom. The number of sulfonamides is 1. The van der Waals surface area contributed by atoms with Crippen LogP contribution < -0.4 is 10.1 Å². The van der Waals surface area contributed by atoms with Crippen molar-refractivity contribution in [2.24, 2.45) is 10.2 Å². The molecule has 0 unspecified atom stereocenters. The smallest absolute Gasteiger partial charge is 0.280 e. The number of primary sulfonamides is 1. The number of hydrogen-bond acceptors (Lipinski definition) is 5. The molecular formula is C17H15N3O4S. The third-order valence-corrected chi connectivity index (χ3v) is 4.47. The van der Waals surface area contributed by atoms with Gasteiger partial charge in [-0.05, 0) is 55.5 Å². The maximum absolute atomic E-state index is 12.5. The molecule has 1 aromatic carbocycles. The second kappa shape index (κ2) is 6.50. The van der Waals surface area contributed by atoms with Crippen LogP contribution in [0.5, 0.6) is 0 Å². The zero-order valence-corrected chi connectivity index (χ0v) is 14.1. The van der Waals surface area contributed by atoms with Crippen molar-refractivity contribution in [3.05, 3.63) is 66.1 Å². The average molecular weight is 357 g/mol. The molecule has 1 amide bonds. The summed E-state index contributed by atoms with van der Waals surface area (Å²) in [5.74, 6) is 0.372. The standard InChI is InChI=1S/C17H15N3O4S/c1-12-16(6-2-4-14-5-3-11-24-14)17(21)20(19-12)13-7-9-15(10-8-13)25(18,22)23/h2-11H,1H3,(H2,18,22,23)/b4-2+,16-6+. The van der Waals surface area contributed by atoms with Crippen molar-refractivity contribution in [1.29, 1.82) is 0 Å². The molecule has 8 heteroatoms. The lowest BCUT2D eigenvalue weighted by molar-refractivity contribution is -0.114. The van der Waals surface area contributed by atoms with E-state index in [0.29, 0.717) is 22.7 Å². The van der Waals surface area contributed by atoms with Crippen LogP contribution in [0.4, 0.5) is 5.69 Å². The highest BCUT2D eigenvalue weighted by Gasteiger charge is 2.28. The van der Waals surface area contributed by atoms with E-state index in [1.54, 1.807) is 43.5 Å². The fourth-order valence-corrected chi connectivity index (χ4v) is 2.80. The lowest BCUT2D eigenvalue weighted by Crippen LogP contribution is -2.21. The number of hydrogen-bond donors (Lipinski definition) is 1. The minimum Gasteiger partial charge on any atom is -0.465 e. The van der Waals surface area contributed by atoms with Gasteiger partial charge in [0.2, 0.25) is 10.0 Å². The summed E-state index contributed by atoms with van der Waals surface area (Å²) in [6, 6.07) is 9.20. The van der Waals surface area contributed by atoms with Crippen LogP contribution in [0.3, 0.4) is 0 Å². The van der Waals surface area contributed by atoms with Gasteiger partial charge in [-0.2, -0.15) is 10.1 Å². The fraction of sp³-hybridized carbons (Fsp3) is 0.0588. The Morgan fingerprint density at radius 1 is 1.20 bits per heavy atom. The Bertz CT molecular complexity index is 985. The molecule has 2 N–H and O–H groups in total. The topological polar surface area (TPSA) is 106 Å². The maximum atomic E-state index is 12.5. The molecule has 2 heterocycles. The summed E-state index contributed by atoms with van der Waals surface area (Å²) in [7, 11) is -3.78. The van der Waals surface area contributed by atoms with E-state index < -0.39 is 10.0 Å². The van der Waals surface area contributed by atoms with E-state index in [2.05, 4.69) is 5.10 Å². The molecule has 0 bridgehead atoms. The van der Waals surface area contributed by atoms with Crippen LogP contribution in [-0.2, 0) is 14.8 Å². The number of hydrazone groups is 1. The molecule has 1 aliphatic rings. The van der Waals surface area contributed by atoms with Crippen LogP contribution in [0, 0.1) is 0 Å². The average Bonchev–Trinajstić information content (AvgIpc) is 3.17. The molecule has 0 fully saturated rings. The van der Waals surface area contributed by atoms with Crippen LogP contribution >= 0.6 is 0 Å². The zero-order valence-electron chi connectivity index (χ0n) is 13.3. The highest BCUT2D eigenvalue weighted by Crippen LogP contribution is 2.24. The van der Waals surface area contributed by atoms with Crippen molar-refractivity contribution in [1.82, 2.24) is 0 Å². The summed E-state index contributed by atoms with van der Waals surface area (Å²) in [4.78, 5) is 12.5. The van der Waals surface area contributed by atoms with Crippen LogP contribution in [0.2, 0.25) is 0 Å². The van der Waals surface area contributed by atoms with E-state index in [4.69, 9.17) is 9.56 Å². The molecule has 0 saturated heterocycles. The van der Waals surface area contributed by atoms with Gasteiger partial charge in [0, 0.05) is 0 Å². The van der Waals surface area contributed by atoms with Gasteiger partial charge in [-0.1, -0.05) is 6.08 Å². The molecule has 0 spiro atoms. The van der Waals surface area contributed by atoms with Gasteiger partial charge in [0.05, 0.1) is 28.1 Å². The number of amides is 1. The van der Waals surface area contributed by atoms with Gasteiger partial charge >= 0.3 is 0 Å². The Labute approximate surface area is 144 Å². The summed E-state index contributed by atoms with van der Waals surface area (Å²) in [6.07, 6.45) is 6.66. The second-order valence-corrected chi connectivity index (χ2v) is 6.86. The van der Waals surface area contributed by atoms with E-state index >= 15 is 0 Å². The minimum absolute atomic E-state index is 0.0271. The van der Waals surface area contributed by atoms with Crippen LogP contribution in [0.15, 0.2) is 74.8 Å². The molecule has 2 aromatic rings. The molecule has 0 atom stereocenters. The number of rotatable bonds is 4. The number of allylic oxidation sites excluding steroid dienone is 2. The number of benzene rings is 1. The Hall–Kier alpha value is -2.97. The van der Waals surface area contributed by atoms with Crippen molar-refractivity contribution in [2.75, 3.05) is 5.01 Å². The predicted octanol–water partition coefficient (Wildman–Crippen LogP) is 2.29. The van der Waals surface area contributed by atoms with Gasteiger partial charge in [0.25, 0.3) is 5.91 Å². The maximum Gasteiger partial charge on any atom is 0.280 e. The molecule has 1 aromatic heterocycles. The van der Waals surface area contributed by atoms with Crippen LogP contribution in [0.25, 0.3) is 6.08 Å². The number of furan rings is 1. The number of nitrogens with zero attached hydrogens (tertiary/aromatic N) is 2. The molecule has 3 rings (SSSR count). The van der Waals surface area contributed by atoms with Gasteiger partial charge in [0.15, 0.2) is 0 Å². The van der Waals surface area contributed by atoms with E-state index in [1.165, 1.54) is 29.3 Å². The highest BCUT2D eigenvalue weighted by atomic mass is 32.2. The van der Waals surface area contributed by atoms with Gasteiger partial charge in [-0.3, -0.25) is 4.79 Å². The van der Waals surface area contributed by atoms with Crippen molar-refractivity contribution in [2.45, 2.75) is 11.8 Å². The highest BCUT2D eigenvalue weighted by molar-refractivity contribution is 7.89. The third kappa shape index (κ3) is 3.59. The molecule has 25 heavy (non-hydrogen) atoms.